The fourth-order valence-electron chi connectivity index (χ4n) is 2.75. The average Bonchev–Trinajstić information content (AvgIpc) is 2.63. The first-order valence-corrected chi connectivity index (χ1v) is 8.28. The Balaban J connectivity index is 1.61. The number of hydrogen-bond donors (Lipinski definition) is 1. The van der Waals surface area contributed by atoms with E-state index in [1.807, 2.05) is 13.8 Å². The lowest BCUT2D eigenvalue weighted by molar-refractivity contribution is 0.0932. The third-order valence-electron chi connectivity index (χ3n) is 4.04. The Morgan fingerprint density at radius 1 is 1.21 bits per heavy atom. The summed E-state index contributed by atoms with van der Waals surface area (Å²) in [6.07, 6.45) is 8.60. The lowest BCUT2D eigenvalue weighted by atomic mass is 10.1. The van der Waals surface area contributed by atoms with E-state index in [1.54, 1.807) is 30.9 Å². The van der Waals surface area contributed by atoms with Crippen molar-refractivity contribution in [3.8, 4) is 0 Å². The molecule has 2 aromatic heterocycles. The third-order valence-corrected chi connectivity index (χ3v) is 4.04. The van der Waals surface area contributed by atoms with Crippen LogP contribution in [0, 0.1) is 0 Å². The minimum absolute atomic E-state index is 0.0693. The third kappa shape index (κ3) is 3.84. The minimum atomic E-state index is -0.133. The Morgan fingerprint density at radius 2 is 1.92 bits per heavy atom. The number of aromatic nitrogens is 4. The fourth-order valence-corrected chi connectivity index (χ4v) is 2.75. The van der Waals surface area contributed by atoms with E-state index >= 15 is 0 Å². The second-order valence-electron chi connectivity index (χ2n) is 6.29. The van der Waals surface area contributed by atoms with Crippen molar-refractivity contribution in [1.29, 1.82) is 0 Å². The molecule has 1 aliphatic rings. The molecule has 2 aromatic rings. The molecular weight excluding hydrogens is 304 g/mol. The van der Waals surface area contributed by atoms with Crippen LogP contribution in [0.3, 0.4) is 0 Å². The number of hydrogen-bond acceptors (Lipinski definition) is 6. The van der Waals surface area contributed by atoms with Gasteiger partial charge in [0.25, 0.3) is 5.91 Å². The Morgan fingerprint density at radius 3 is 2.58 bits per heavy atom. The van der Waals surface area contributed by atoms with Crippen LogP contribution < -0.4 is 10.2 Å². The first-order chi connectivity index (χ1) is 11.6. The molecule has 0 aliphatic carbocycles. The van der Waals surface area contributed by atoms with Gasteiger partial charge in [0.15, 0.2) is 0 Å². The van der Waals surface area contributed by atoms with Gasteiger partial charge in [0, 0.05) is 49.8 Å². The van der Waals surface area contributed by atoms with Gasteiger partial charge in [-0.2, -0.15) is 0 Å². The topological polar surface area (TPSA) is 83.9 Å². The molecule has 3 rings (SSSR count). The van der Waals surface area contributed by atoms with Crippen LogP contribution in [0.15, 0.2) is 30.9 Å². The summed E-state index contributed by atoms with van der Waals surface area (Å²) in [5.41, 5.74) is 0.493. The predicted molar refractivity (Wildman–Crippen MR) is 90.9 cm³/mol. The second kappa shape index (κ2) is 7.33. The van der Waals surface area contributed by atoms with E-state index in [0.717, 1.165) is 25.2 Å². The van der Waals surface area contributed by atoms with Crippen LogP contribution in [-0.2, 0) is 0 Å². The normalized spacial score (nSPS) is 17.8. The maximum Gasteiger partial charge on any atom is 0.254 e. The number of anilines is 1. The number of carbonyl (C=O) groups is 1. The van der Waals surface area contributed by atoms with Crippen molar-refractivity contribution in [3.05, 3.63) is 42.2 Å². The lowest BCUT2D eigenvalue weighted by Gasteiger charge is -2.33. The van der Waals surface area contributed by atoms with E-state index in [1.165, 1.54) is 0 Å². The number of piperidine rings is 1. The molecule has 0 spiro atoms. The molecule has 0 aromatic carbocycles. The molecule has 3 heterocycles. The van der Waals surface area contributed by atoms with Crippen LogP contribution in [-0.4, -0.2) is 45.0 Å². The summed E-state index contributed by atoms with van der Waals surface area (Å²) in [7, 11) is 0. The van der Waals surface area contributed by atoms with E-state index < -0.39 is 0 Å². The lowest BCUT2D eigenvalue weighted by Crippen LogP contribution is -2.48. The monoisotopic (exact) mass is 326 g/mol. The van der Waals surface area contributed by atoms with Gasteiger partial charge in [0.1, 0.15) is 5.82 Å². The summed E-state index contributed by atoms with van der Waals surface area (Å²) in [5, 5.41) is 3.07. The summed E-state index contributed by atoms with van der Waals surface area (Å²) >= 11 is 0. The first kappa shape index (κ1) is 16.3. The van der Waals surface area contributed by atoms with Gasteiger partial charge in [-0.05, 0) is 18.9 Å². The molecule has 0 bridgehead atoms. The number of nitrogens with zero attached hydrogens (tertiary/aromatic N) is 5. The molecule has 1 unspecified atom stereocenters. The van der Waals surface area contributed by atoms with Crippen LogP contribution in [0.1, 0.15) is 48.8 Å². The van der Waals surface area contributed by atoms with Crippen LogP contribution in [0.2, 0.25) is 0 Å². The number of carbonyl (C=O) groups excluding carboxylic acids is 1. The van der Waals surface area contributed by atoms with Gasteiger partial charge in [-0.3, -0.25) is 4.79 Å². The van der Waals surface area contributed by atoms with Crippen LogP contribution in [0.4, 0.5) is 5.95 Å². The van der Waals surface area contributed by atoms with E-state index in [9.17, 15) is 4.79 Å². The van der Waals surface area contributed by atoms with Crippen molar-refractivity contribution in [1.82, 2.24) is 25.3 Å². The molecular formula is C17H22N6O. The average molecular weight is 326 g/mol. The summed E-state index contributed by atoms with van der Waals surface area (Å²) in [6.45, 7) is 5.66. The summed E-state index contributed by atoms with van der Waals surface area (Å²) < 4.78 is 0. The molecule has 1 saturated heterocycles. The standard InChI is InChI=1S/C17H22N6O/c1-12(2)15-20-9-13(10-21-15)16(24)22-14-5-3-8-23(11-14)17-18-6-4-7-19-17/h4,6-7,9-10,12,14H,3,5,8,11H2,1-2H3,(H,22,24). The molecule has 1 fully saturated rings. The second-order valence-corrected chi connectivity index (χ2v) is 6.29. The van der Waals surface area contributed by atoms with Gasteiger partial charge in [-0.15, -0.1) is 0 Å². The largest absolute Gasteiger partial charge is 0.347 e. The molecule has 24 heavy (non-hydrogen) atoms. The SMILES string of the molecule is CC(C)c1ncc(C(=O)NC2CCCN(c3ncccn3)C2)cn1. The molecule has 126 valence electrons. The smallest absolute Gasteiger partial charge is 0.254 e. The Hall–Kier alpha value is -2.57. The molecule has 7 nitrogen and oxygen atoms in total. The molecule has 1 atom stereocenters. The molecule has 7 heteroatoms. The van der Waals surface area contributed by atoms with Crippen molar-refractivity contribution in [2.75, 3.05) is 18.0 Å². The number of amides is 1. The van der Waals surface area contributed by atoms with E-state index in [-0.39, 0.29) is 17.9 Å². The zero-order chi connectivity index (χ0) is 16.9. The maximum absolute atomic E-state index is 12.4. The first-order valence-electron chi connectivity index (χ1n) is 8.28. The van der Waals surface area contributed by atoms with Crippen LogP contribution >= 0.6 is 0 Å². The van der Waals surface area contributed by atoms with E-state index in [2.05, 4.69) is 30.2 Å². The van der Waals surface area contributed by atoms with Gasteiger partial charge in [0.2, 0.25) is 5.95 Å². The zero-order valence-corrected chi connectivity index (χ0v) is 14.0. The highest BCUT2D eigenvalue weighted by molar-refractivity contribution is 5.93. The van der Waals surface area contributed by atoms with Gasteiger partial charge in [-0.1, -0.05) is 13.8 Å². The number of rotatable bonds is 4. The van der Waals surface area contributed by atoms with Crippen molar-refractivity contribution in [2.45, 2.75) is 38.6 Å². The highest BCUT2D eigenvalue weighted by atomic mass is 16.1. The molecule has 1 N–H and O–H groups in total. The quantitative estimate of drug-likeness (QED) is 0.922. The molecule has 0 radical (unpaired) electrons. The van der Waals surface area contributed by atoms with Crippen molar-refractivity contribution in [3.63, 3.8) is 0 Å². The molecule has 0 saturated carbocycles. The van der Waals surface area contributed by atoms with Crippen molar-refractivity contribution in [2.24, 2.45) is 0 Å². The van der Waals surface area contributed by atoms with Gasteiger partial charge in [-0.25, -0.2) is 19.9 Å². The van der Waals surface area contributed by atoms with Gasteiger partial charge >= 0.3 is 0 Å². The number of nitrogens with one attached hydrogen (secondary N) is 1. The molecule has 1 amide bonds. The zero-order valence-electron chi connectivity index (χ0n) is 14.0. The van der Waals surface area contributed by atoms with Crippen LogP contribution in [0.5, 0.6) is 0 Å². The Labute approximate surface area is 141 Å². The van der Waals surface area contributed by atoms with Gasteiger partial charge in [0.05, 0.1) is 5.56 Å². The summed E-state index contributed by atoms with van der Waals surface area (Å²) in [5.74, 6) is 1.57. The van der Waals surface area contributed by atoms with Crippen molar-refractivity contribution >= 4 is 11.9 Å². The Bertz CT molecular complexity index is 673. The van der Waals surface area contributed by atoms with Crippen molar-refractivity contribution < 1.29 is 4.79 Å². The van der Waals surface area contributed by atoms with Crippen LogP contribution in [0.25, 0.3) is 0 Å². The highest BCUT2D eigenvalue weighted by Gasteiger charge is 2.23. The Kier molecular flexibility index (Phi) is 4.98. The minimum Gasteiger partial charge on any atom is -0.347 e. The van der Waals surface area contributed by atoms with Gasteiger partial charge < -0.3 is 10.2 Å². The van der Waals surface area contributed by atoms with E-state index in [4.69, 9.17) is 0 Å². The predicted octanol–water partition coefficient (Wildman–Crippen LogP) is 1.79. The summed E-state index contributed by atoms with van der Waals surface area (Å²) in [6, 6.07) is 1.87. The maximum atomic E-state index is 12.4. The summed E-state index contributed by atoms with van der Waals surface area (Å²) in [4.78, 5) is 31.6. The fraction of sp³-hybridized carbons (Fsp3) is 0.471. The highest BCUT2D eigenvalue weighted by Crippen LogP contribution is 2.16. The van der Waals surface area contributed by atoms with E-state index in [0.29, 0.717) is 18.1 Å². The molecule has 1 aliphatic heterocycles.